The molecule has 0 aliphatic heterocycles. The summed E-state index contributed by atoms with van der Waals surface area (Å²) in [5.74, 6) is -1.88. The smallest absolute Gasteiger partial charge is 0.191 e. The van der Waals surface area contributed by atoms with Crippen molar-refractivity contribution in [1.29, 1.82) is 0 Å². The molecule has 0 saturated carbocycles. The minimum atomic E-state index is -0.738. The Morgan fingerprint density at radius 1 is 1.19 bits per heavy atom. The Hall–Kier alpha value is -1.65. The number of ether oxygens (including phenoxy) is 1. The van der Waals surface area contributed by atoms with Gasteiger partial charge in [-0.2, -0.15) is 0 Å². The predicted octanol–water partition coefficient (Wildman–Crippen LogP) is 4.09. The molecule has 2 nitrogen and oxygen atoms in total. The lowest BCUT2D eigenvalue weighted by atomic mass is 10.1. The molecule has 1 atom stereocenters. The van der Waals surface area contributed by atoms with Crippen molar-refractivity contribution in [3.8, 4) is 5.75 Å². The van der Waals surface area contributed by atoms with Gasteiger partial charge >= 0.3 is 0 Å². The van der Waals surface area contributed by atoms with Crippen molar-refractivity contribution in [2.24, 2.45) is 5.73 Å². The average molecular weight is 312 g/mol. The van der Waals surface area contributed by atoms with Crippen molar-refractivity contribution in [3.63, 3.8) is 0 Å². The molecule has 2 rings (SSSR count). The Morgan fingerprint density at radius 3 is 2.38 bits per heavy atom. The first-order valence-corrected chi connectivity index (χ1v) is 6.95. The minimum absolute atomic E-state index is 0.000150. The van der Waals surface area contributed by atoms with E-state index >= 15 is 0 Å². The van der Waals surface area contributed by atoms with Crippen molar-refractivity contribution in [3.05, 3.63) is 64.2 Å². The molecule has 0 amide bonds. The largest absolute Gasteiger partial charge is 0.483 e. The maximum Gasteiger partial charge on any atom is 0.191 e. The van der Waals surface area contributed by atoms with Crippen LogP contribution in [0, 0.1) is 11.6 Å². The standard InChI is InChI=1S/C16H16ClF2NO/c1-10(20)6-11-7-14(18)16(15(19)8-11)21-9-12-4-2-3-5-13(12)17/h2-5,7-8,10H,6,9,20H2,1H3. The monoisotopic (exact) mass is 311 g/mol. The molecule has 0 saturated heterocycles. The Kier molecular flexibility index (Phi) is 5.15. The van der Waals surface area contributed by atoms with Crippen LogP contribution in [0.2, 0.25) is 5.02 Å². The molecule has 0 fully saturated rings. The van der Waals surface area contributed by atoms with E-state index in [2.05, 4.69) is 0 Å². The Bertz CT molecular complexity index is 608. The third kappa shape index (κ3) is 4.16. The molecule has 0 aliphatic rings. The van der Waals surface area contributed by atoms with Gasteiger partial charge in [0.1, 0.15) is 6.61 Å². The van der Waals surface area contributed by atoms with Gasteiger partial charge in [-0.25, -0.2) is 8.78 Å². The van der Waals surface area contributed by atoms with Crippen molar-refractivity contribution in [1.82, 2.24) is 0 Å². The van der Waals surface area contributed by atoms with E-state index in [0.717, 1.165) is 0 Å². The fourth-order valence-corrected chi connectivity index (χ4v) is 2.20. The summed E-state index contributed by atoms with van der Waals surface area (Å²) in [7, 11) is 0. The van der Waals surface area contributed by atoms with Gasteiger partial charge in [0, 0.05) is 16.6 Å². The quantitative estimate of drug-likeness (QED) is 0.902. The lowest BCUT2D eigenvalue weighted by molar-refractivity contribution is 0.274. The molecule has 0 heterocycles. The van der Waals surface area contributed by atoms with Gasteiger partial charge in [-0.05, 0) is 37.1 Å². The van der Waals surface area contributed by atoms with Gasteiger partial charge in [-0.1, -0.05) is 29.8 Å². The maximum atomic E-state index is 13.9. The second kappa shape index (κ2) is 6.87. The van der Waals surface area contributed by atoms with Crippen LogP contribution in [0.3, 0.4) is 0 Å². The molecule has 2 N–H and O–H groups in total. The number of nitrogens with two attached hydrogens (primary N) is 1. The van der Waals surface area contributed by atoms with Crippen molar-refractivity contribution in [2.75, 3.05) is 0 Å². The van der Waals surface area contributed by atoms with Crippen LogP contribution >= 0.6 is 11.6 Å². The van der Waals surface area contributed by atoms with Gasteiger partial charge < -0.3 is 10.5 Å². The highest BCUT2D eigenvalue weighted by atomic mass is 35.5. The second-order valence-corrected chi connectivity index (χ2v) is 5.36. The molecule has 5 heteroatoms. The topological polar surface area (TPSA) is 35.2 Å². The molecule has 0 aliphatic carbocycles. The van der Waals surface area contributed by atoms with Crippen LogP contribution in [0.25, 0.3) is 0 Å². The molecule has 0 bridgehead atoms. The van der Waals surface area contributed by atoms with Crippen LogP contribution < -0.4 is 10.5 Å². The van der Waals surface area contributed by atoms with E-state index in [1.165, 1.54) is 12.1 Å². The number of halogens is 3. The second-order valence-electron chi connectivity index (χ2n) is 4.95. The third-order valence-corrected chi connectivity index (χ3v) is 3.31. The summed E-state index contributed by atoms with van der Waals surface area (Å²) >= 11 is 5.97. The SMILES string of the molecule is CC(N)Cc1cc(F)c(OCc2ccccc2Cl)c(F)c1. The van der Waals surface area contributed by atoms with E-state index in [9.17, 15) is 8.78 Å². The van der Waals surface area contributed by atoms with Crippen molar-refractivity contribution >= 4 is 11.6 Å². The highest BCUT2D eigenvalue weighted by Crippen LogP contribution is 2.26. The summed E-state index contributed by atoms with van der Waals surface area (Å²) in [5.41, 5.74) is 6.79. The number of hydrogen-bond donors (Lipinski definition) is 1. The maximum absolute atomic E-state index is 13.9. The van der Waals surface area contributed by atoms with Gasteiger partial charge in [0.25, 0.3) is 0 Å². The molecule has 0 spiro atoms. The van der Waals surface area contributed by atoms with Crippen LogP contribution in [0.5, 0.6) is 5.75 Å². The lowest BCUT2D eigenvalue weighted by Crippen LogP contribution is -2.18. The number of benzene rings is 2. The zero-order valence-corrected chi connectivity index (χ0v) is 12.3. The van der Waals surface area contributed by atoms with Gasteiger partial charge in [0.2, 0.25) is 0 Å². The summed E-state index contributed by atoms with van der Waals surface area (Å²) < 4.78 is 33.1. The van der Waals surface area contributed by atoms with E-state index in [1.807, 2.05) is 0 Å². The van der Waals surface area contributed by atoms with E-state index in [4.69, 9.17) is 22.1 Å². The van der Waals surface area contributed by atoms with Crippen molar-refractivity contribution < 1.29 is 13.5 Å². The fourth-order valence-electron chi connectivity index (χ4n) is 2.01. The minimum Gasteiger partial charge on any atom is -0.483 e. The van der Waals surface area contributed by atoms with Crippen LogP contribution in [-0.2, 0) is 13.0 Å². The molecule has 2 aromatic rings. The zero-order chi connectivity index (χ0) is 15.4. The van der Waals surface area contributed by atoms with Crippen LogP contribution in [0.15, 0.2) is 36.4 Å². The van der Waals surface area contributed by atoms with E-state index in [-0.39, 0.29) is 12.6 Å². The normalized spacial score (nSPS) is 12.2. The summed E-state index contributed by atoms with van der Waals surface area (Å²) in [5, 5.41) is 0.492. The van der Waals surface area contributed by atoms with Crippen LogP contribution in [0.4, 0.5) is 8.78 Å². The molecule has 2 aromatic carbocycles. The first-order valence-electron chi connectivity index (χ1n) is 6.57. The van der Waals surface area contributed by atoms with Crippen molar-refractivity contribution in [2.45, 2.75) is 26.0 Å². The van der Waals surface area contributed by atoms with Gasteiger partial charge in [-0.3, -0.25) is 0 Å². The summed E-state index contributed by atoms with van der Waals surface area (Å²) in [6, 6.07) is 9.31. The molecule has 0 aromatic heterocycles. The lowest BCUT2D eigenvalue weighted by Gasteiger charge is -2.12. The number of rotatable bonds is 5. The highest BCUT2D eigenvalue weighted by molar-refractivity contribution is 6.31. The van der Waals surface area contributed by atoms with E-state index in [1.54, 1.807) is 31.2 Å². The average Bonchev–Trinajstić information content (AvgIpc) is 2.39. The van der Waals surface area contributed by atoms with E-state index < -0.39 is 17.4 Å². The molecule has 0 radical (unpaired) electrons. The van der Waals surface area contributed by atoms with Crippen LogP contribution in [-0.4, -0.2) is 6.04 Å². The first kappa shape index (κ1) is 15.7. The zero-order valence-electron chi connectivity index (χ0n) is 11.6. The number of hydrogen-bond acceptors (Lipinski definition) is 2. The molecular formula is C16H16ClF2NO. The first-order chi connectivity index (χ1) is 9.97. The molecule has 1 unspecified atom stereocenters. The Labute approximate surface area is 127 Å². The van der Waals surface area contributed by atoms with Gasteiger partial charge in [-0.15, -0.1) is 0 Å². The summed E-state index contributed by atoms with van der Waals surface area (Å²) in [4.78, 5) is 0. The molecular weight excluding hydrogens is 296 g/mol. The van der Waals surface area contributed by atoms with Crippen LogP contribution in [0.1, 0.15) is 18.1 Å². The Balaban J connectivity index is 2.15. The molecule has 112 valence electrons. The Morgan fingerprint density at radius 2 is 1.81 bits per heavy atom. The third-order valence-electron chi connectivity index (χ3n) is 2.95. The predicted molar refractivity (Wildman–Crippen MR) is 79.5 cm³/mol. The summed E-state index contributed by atoms with van der Waals surface area (Å²) in [6.45, 7) is 1.78. The van der Waals surface area contributed by atoms with Gasteiger partial charge in [0.15, 0.2) is 17.4 Å². The van der Waals surface area contributed by atoms with Gasteiger partial charge in [0.05, 0.1) is 0 Å². The highest BCUT2D eigenvalue weighted by Gasteiger charge is 2.14. The summed E-state index contributed by atoms with van der Waals surface area (Å²) in [6.07, 6.45) is 0.401. The fraction of sp³-hybridized carbons (Fsp3) is 0.250. The van der Waals surface area contributed by atoms with E-state index in [0.29, 0.717) is 22.6 Å². The molecule has 21 heavy (non-hydrogen) atoms.